The summed E-state index contributed by atoms with van der Waals surface area (Å²) in [7, 11) is -3.53. The molecule has 0 saturated carbocycles. The smallest absolute Gasteiger partial charge is 0.223 e. The van der Waals surface area contributed by atoms with Crippen molar-refractivity contribution in [3.8, 4) is 0 Å². The zero-order valence-electron chi connectivity index (χ0n) is 15.7. The third-order valence-electron chi connectivity index (χ3n) is 4.55. The molecule has 7 heteroatoms. The van der Waals surface area contributed by atoms with Gasteiger partial charge in [-0.25, -0.2) is 8.42 Å². The van der Waals surface area contributed by atoms with Crippen LogP contribution in [0, 0.1) is 5.92 Å². The lowest BCUT2D eigenvalue weighted by Gasteiger charge is -2.28. The maximum absolute atomic E-state index is 12.6. The standard InChI is InChI=1S/C19H28N2O4S/c1-14(2)8-10-20-19(23)9-12-26(24,25)17-6-7-18-16(13-17)5-4-11-21(18)15(3)22/h6-7,13-14H,4-5,8-12H2,1-3H3,(H,20,23). The summed E-state index contributed by atoms with van der Waals surface area (Å²) in [6.07, 6.45) is 2.39. The molecule has 2 amide bonds. The average molecular weight is 381 g/mol. The van der Waals surface area contributed by atoms with E-state index in [1.54, 1.807) is 17.0 Å². The number of sulfone groups is 1. The third kappa shape index (κ3) is 5.30. The average Bonchev–Trinajstić information content (AvgIpc) is 2.58. The van der Waals surface area contributed by atoms with Crippen LogP contribution in [0.3, 0.4) is 0 Å². The number of carbonyl (C=O) groups is 2. The number of hydrogen-bond donors (Lipinski definition) is 1. The van der Waals surface area contributed by atoms with E-state index in [0.717, 1.165) is 30.5 Å². The SMILES string of the molecule is CC(=O)N1CCCc2cc(S(=O)(=O)CCC(=O)NCCC(C)C)ccc21. The first-order chi connectivity index (χ1) is 12.2. The largest absolute Gasteiger partial charge is 0.356 e. The normalized spacial score (nSPS) is 14.2. The molecule has 0 radical (unpaired) electrons. The van der Waals surface area contributed by atoms with Crippen LogP contribution < -0.4 is 10.2 Å². The molecule has 2 rings (SSSR count). The molecule has 26 heavy (non-hydrogen) atoms. The van der Waals surface area contributed by atoms with Gasteiger partial charge in [-0.15, -0.1) is 0 Å². The first-order valence-electron chi connectivity index (χ1n) is 9.11. The molecule has 1 aromatic rings. The van der Waals surface area contributed by atoms with Crippen LogP contribution in [-0.4, -0.2) is 39.1 Å². The Morgan fingerprint density at radius 3 is 2.65 bits per heavy atom. The molecule has 1 heterocycles. The molecule has 0 aromatic heterocycles. The highest BCUT2D eigenvalue weighted by atomic mass is 32.2. The van der Waals surface area contributed by atoms with Gasteiger partial charge in [-0.3, -0.25) is 9.59 Å². The molecular formula is C19H28N2O4S. The molecule has 1 aromatic carbocycles. The van der Waals surface area contributed by atoms with Crippen LogP contribution in [0.25, 0.3) is 0 Å². The fourth-order valence-electron chi connectivity index (χ4n) is 3.03. The molecule has 0 saturated heterocycles. The summed E-state index contributed by atoms with van der Waals surface area (Å²) in [4.78, 5) is 25.4. The van der Waals surface area contributed by atoms with Gasteiger partial charge in [0, 0.05) is 32.1 Å². The van der Waals surface area contributed by atoms with E-state index in [-0.39, 0.29) is 28.9 Å². The summed E-state index contributed by atoms with van der Waals surface area (Å²) >= 11 is 0. The summed E-state index contributed by atoms with van der Waals surface area (Å²) in [6, 6.07) is 4.88. The van der Waals surface area contributed by atoms with Crippen molar-refractivity contribution in [1.82, 2.24) is 5.32 Å². The number of rotatable bonds is 7. The topological polar surface area (TPSA) is 83.6 Å². The number of carbonyl (C=O) groups excluding carboxylic acids is 2. The minimum Gasteiger partial charge on any atom is -0.356 e. The van der Waals surface area contributed by atoms with Crippen molar-refractivity contribution in [2.24, 2.45) is 5.92 Å². The summed E-state index contributed by atoms with van der Waals surface area (Å²) in [5, 5.41) is 2.76. The highest BCUT2D eigenvalue weighted by Gasteiger charge is 2.23. The summed E-state index contributed by atoms with van der Waals surface area (Å²) in [5.41, 5.74) is 1.66. The summed E-state index contributed by atoms with van der Waals surface area (Å²) in [5.74, 6) is -0.00548. The van der Waals surface area contributed by atoms with Crippen molar-refractivity contribution in [2.45, 2.75) is 51.3 Å². The van der Waals surface area contributed by atoms with Gasteiger partial charge in [-0.05, 0) is 48.9 Å². The molecule has 144 valence electrons. The molecule has 0 bridgehead atoms. The Balaban J connectivity index is 2.03. The Morgan fingerprint density at radius 1 is 1.27 bits per heavy atom. The van der Waals surface area contributed by atoms with Gasteiger partial charge in [0.05, 0.1) is 10.6 Å². The lowest BCUT2D eigenvalue weighted by Crippen LogP contribution is -2.33. The maximum atomic E-state index is 12.6. The minimum atomic E-state index is -3.53. The van der Waals surface area contributed by atoms with Crippen molar-refractivity contribution in [3.63, 3.8) is 0 Å². The van der Waals surface area contributed by atoms with Crippen molar-refractivity contribution in [3.05, 3.63) is 23.8 Å². The van der Waals surface area contributed by atoms with E-state index in [4.69, 9.17) is 0 Å². The number of fused-ring (bicyclic) bond motifs is 1. The van der Waals surface area contributed by atoms with Gasteiger partial charge in [0.25, 0.3) is 0 Å². The molecule has 1 N–H and O–H groups in total. The van der Waals surface area contributed by atoms with E-state index in [1.165, 1.54) is 13.0 Å². The van der Waals surface area contributed by atoms with E-state index in [9.17, 15) is 18.0 Å². The van der Waals surface area contributed by atoms with Crippen molar-refractivity contribution in [1.29, 1.82) is 0 Å². The molecule has 0 unspecified atom stereocenters. The van der Waals surface area contributed by atoms with E-state index < -0.39 is 9.84 Å². The van der Waals surface area contributed by atoms with Crippen LogP contribution in [0.4, 0.5) is 5.69 Å². The van der Waals surface area contributed by atoms with Crippen LogP contribution in [0.15, 0.2) is 23.1 Å². The van der Waals surface area contributed by atoms with Crippen LogP contribution in [0.2, 0.25) is 0 Å². The second-order valence-corrected chi connectivity index (χ2v) is 9.28. The summed E-state index contributed by atoms with van der Waals surface area (Å²) < 4.78 is 25.1. The number of nitrogens with zero attached hydrogens (tertiary/aromatic N) is 1. The van der Waals surface area contributed by atoms with Crippen LogP contribution in [-0.2, 0) is 25.8 Å². The van der Waals surface area contributed by atoms with E-state index >= 15 is 0 Å². The van der Waals surface area contributed by atoms with E-state index in [1.807, 2.05) is 0 Å². The molecular weight excluding hydrogens is 352 g/mol. The van der Waals surface area contributed by atoms with Gasteiger partial charge in [0.15, 0.2) is 9.84 Å². The van der Waals surface area contributed by atoms with Gasteiger partial charge in [-0.1, -0.05) is 13.8 Å². The lowest BCUT2D eigenvalue weighted by atomic mass is 10.0. The molecule has 0 spiro atoms. The van der Waals surface area contributed by atoms with Gasteiger partial charge < -0.3 is 10.2 Å². The second kappa shape index (κ2) is 8.66. The van der Waals surface area contributed by atoms with Gasteiger partial charge >= 0.3 is 0 Å². The zero-order chi connectivity index (χ0) is 19.3. The second-order valence-electron chi connectivity index (χ2n) is 7.17. The fourth-order valence-corrected chi connectivity index (χ4v) is 4.31. The molecule has 1 aliphatic rings. The number of aryl methyl sites for hydroxylation is 1. The molecule has 0 fully saturated rings. The number of anilines is 1. The Labute approximate surface area is 155 Å². The Bertz CT molecular complexity index is 772. The quantitative estimate of drug-likeness (QED) is 0.787. The van der Waals surface area contributed by atoms with Gasteiger partial charge in [0.2, 0.25) is 11.8 Å². The highest BCUT2D eigenvalue weighted by molar-refractivity contribution is 7.91. The summed E-state index contributed by atoms with van der Waals surface area (Å²) in [6.45, 7) is 6.87. The lowest BCUT2D eigenvalue weighted by molar-refractivity contribution is -0.120. The molecule has 6 nitrogen and oxygen atoms in total. The first-order valence-corrected chi connectivity index (χ1v) is 10.8. The predicted octanol–water partition coefficient (Wildman–Crippen LogP) is 2.31. The molecule has 1 aliphatic heterocycles. The van der Waals surface area contributed by atoms with Crippen LogP contribution in [0.1, 0.15) is 45.6 Å². The third-order valence-corrected chi connectivity index (χ3v) is 6.26. The highest BCUT2D eigenvalue weighted by Crippen LogP contribution is 2.30. The van der Waals surface area contributed by atoms with Crippen LogP contribution >= 0.6 is 0 Å². The van der Waals surface area contributed by atoms with E-state index in [2.05, 4.69) is 19.2 Å². The Morgan fingerprint density at radius 2 is 2.00 bits per heavy atom. The molecule has 0 atom stereocenters. The zero-order valence-corrected chi connectivity index (χ0v) is 16.6. The van der Waals surface area contributed by atoms with Crippen molar-refractivity contribution >= 4 is 27.3 Å². The number of hydrogen-bond acceptors (Lipinski definition) is 4. The fraction of sp³-hybridized carbons (Fsp3) is 0.579. The number of benzene rings is 1. The molecule has 0 aliphatic carbocycles. The van der Waals surface area contributed by atoms with Crippen molar-refractivity contribution < 1.29 is 18.0 Å². The van der Waals surface area contributed by atoms with E-state index in [0.29, 0.717) is 19.0 Å². The van der Waals surface area contributed by atoms with Gasteiger partial charge in [-0.2, -0.15) is 0 Å². The first kappa shape index (κ1) is 20.4. The maximum Gasteiger partial charge on any atom is 0.223 e. The van der Waals surface area contributed by atoms with Gasteiger partial charge in [0.1, 0.15) is 0 Å². The predicted molar refractivity (Wildman–Crippen MR) is 102 cm³/mol. The van der Waals surface area contributed by atoms with Crippen LogP contribution in [0.5, 0.6) is 0 Å². The Kier molecular flexibility index (Phi) is 6.81. The Hall–Kier alpha value is -1.89. The number of nitrogens with one attached hydrogen (secondary N) is 1. The monoisotopic (exact) mass is 380 g/mol. The minimum absolute atomic E-state index is 0.0420. The number of amides is 2. The van der Waals surface area contributed by atoms with Crippen molar-refractivity contribution in [2.75, 3.05) is 23.7 Å².